The summed E-state index contributed by atoms with van der Waals surface area (Å²) in [5.41, 5.74) is -0.530. The zero-order valence-corrected chi connectivity index (χ0v) is 8.12. The molecule has 0 saturated carbocycles. The molecule has 0 aromatic rings. The van der Waals surface area contributed by atoms with Crippen molar-refractivity contribution >= 4 is 0 Å². The molecule has 2 atom stereocenters. The third kappa shape index (κ3) is 2.73. The molecular formula is C9H20O3. The van der Waals surface area contributed by atoms with Crippen LogP contribution in [0.2, 0.25) is 0 Å². The Morgan fingerprint density at radius 3 is 2.00 bits per heavy atom. The van der Waals surface area contributed by atoms with E-state index in [1.54, 1.807) is 0 Å². The molecule has 0 spiro atoms. The molecule has 0 bridgehead atoms. The average Bonchev–Trinajstić information content (AvgIpc) is 2.03. The van der Waals surface area contributed by atoms with E-state index in [0.717, 1.165) is 0 Å². The van der Waals surface area contributed by atoms with Gasteiger partial charge in [0.05, 0.1) is 12.2 Å². The maximum Gasteiger partial charge on any atom is 0.0637 e. The fourth-order valence-corrected chi connectivity index (χ4v) is 1.24. The summed E-state index contributed by atoms with van der Waals surface area (Å²) in [7, 11) is 0. The van der Waals surface area contributed by atoms with Crippen molar-refractivity contribution in [3.05, 3.63) is 0 Å². The fraction of sp³-hybridized carbons (Fsp3) is 1.00. The Balaban J connectivity index is 4.16. The molecule has 0 radical (unpaired) electrons. The van der Waals surface area contributed by atoms with Crippen molar-refractivity contribution in [1.82, 2.24) is 0 Å². The lowest BCUT2D eigenvalue weighted by Crippen LogP contribution is -2.40. The fourth-order valence-electron chi connectivity index (χ4n) is 1.24. The van der Waals surface area contributed by atoms with E-state index in [2.05, 4.69) is 0 Å². The predicted octanol–water partition coefficient (Wildman–Crippen LogP) is 0.527. The molecule has 1 unspecified atom stereocenters. The minimum Gasteiger partial charge on any atom is -0.396 e. The van der Waals surface area contributed by atoms with Gasteiger partial charge in [0.2, 0.25) is 0 Å². The Morgan fingerprint density at radius 2 is 1.67 bits per heavy atom. The van der Waals surface area contributed by atoms with E-state index in [1.165, 1.54) is 0 Å². The highest BCUT2D eigenvalue weighted by Gasteiger charge is 2.33. The number of rotatable bonds is 5. The summed E-state index contributed by atoms with van der Waals surface area (Å²) < 4.78 is 0. The molecule has 3 heteroatoms. The highest BCUT2D eigenvalue weighted by molar-refractivity contribution is 4.83. The van der Waals surface area contributed by atoms with E-state index >= 15 is 0 Å². The van der Waals surface area contributed by atoms with E-state index in [9.17, 15) is 10.2 Å². The maximum atomic E-state index is 9.56. The van der Waals surface area contributed by atoms with Crippen LogP contribution in [0, 0.1) is 5.41 Å². The lowest BCUT2D eigenvalue weighted by Gasteiger charge is -2.34. The summed E-state index contributed by atoms with van der Waals surface area (Å²) >= 11 is 0. The number of hydrogen-bond acceptors (Lipinski definition) is 3. The van der Waals surface area contributed by atoms with Gasteiger partial charge < -0.3 is 15.3 Å². The summed E-state index contributed by atoms with van der Waals surface area (Å²) in [6.07, 6.45) is -0.212. The van der Waals surface area contributed by atoms with Gasteiger partial charge in [-0.2, -0.15) is 0 Å². The summed E-state index contributed by atoms with van der Waals surface area (Å²) in [4.78, 5) is 0. The van der Waals surface area contributed by atoms with Crippen molar-refractivity contribution in [2.75, 3.05) is 6.61 Å². The molecule has 0 aliphatic heterocycles. The third-order valence-electron chi connectivity index (χ3n) is 2.51. The van der Waals surface area contributed by atoms with Gasteiger partial charge in [-0.25, -0.2) is 0 Å². The van der Waals surface area contributed by atoms with Crippen LogP contribution in [0.3, 0.4) is 0 Å². The van der Waals surface area contributed by atoms with Crippen LogP contribution in [0.5, 0.6) is 0 Å². The van der Waals surface area contributed by atoms with Crippen molar-refractivity contribution in [2.45, 2.75) is 45.8 Å². The molecule has 3 N–H and O–H groups in total. The second-order valence-corrected chi connectivity index (χ2v) is 3.77. The van der Waals surface area contributed by atoms with Crippen LogP contribution in [-0.4, -0.2) is 34.1 Å². The van der Waals surface area contributed by atoms with E-state index < -0.39 is 17.6 Å². The molecule has 0 aromatic carbocycles. The van der Waals surface area contributed by atoms with Crippen LogP contribution in [0.25, 0.3) is 0 Å². The molecule has 12 heavy (non-hydrogen) atoms. The van der Waals surface area contributed by atoms with Crippen LogP contribution in [0.4, 0.5) is 0 Å². The predicted molar refractivity (Wildman–Crippen MR) is 47.8 cm³/mol. The molecule has 0 aromatic heterocycles. The SMILES string of the molecule is CC[C@@H](O)C(C)(C)C(O)CCO. The van der Waals surface area contributed by atoms with Crippen molar-refractivity contribution < 1.29 is 15.3 Å². The second-order valence-electron chi connectivity index (χ2n) is 3.77. The average molecular weight is 176 g/mol. The smallest absolute Gasteiger partial charge is 0.0637 e. The van der Waals surface area contributed by atoms with Crippen LogP contribution in [0.15, 0.2) is 0 Å². The number of aliphatic hydroxyl groups is 3. The van der Waals surface area contributed by atoms with E-state index in [1.807, 2.05) is 20.8 Å². The molecule has 0 aliphatic rings. The largest absolute Gasteiger partial charge is 0.396 e. The maximum absolute atomic E-state index is 9.56. The Kier molecular flexibility index (Phi) is 4.75. The molecule has 0 heterocycles. The molecule has 0 fully saturated rings. The molecule has 74 valence electrons. The van der Waals surface area contributed by atoms with Gasteiger partial charge in [0, 0.05) is 12.0 Å². The first-order valence-corrected chi connectivity index (χ1v) is 4.43. The van der Waals surface area contributed by atoms with E-state index in [-0.39, 0.29) is 6.61 Å². The van der Waals surface area contributed by atoms with Gasteiger partial charge >= 0.3 is 0 Å². The lowest BCUT2D eigenvalue weighted by atomic mass is 9.78. The summed E-state index contributed by atoms with van der Waals surface area (Å²) in [5, 5.41) is 27.7. The highest BCUT2D eigenvalue weighted by atomic mass is 16.3. The first-order chi connectivity index (χ1) is 5.46. The highest BCUT2D eigenvalue weighted by Crippen LogP contribution is 2.28. The topological polar surface area (TPSA) is 60.7 Å². The van der Waals surface area contributed by atoms with Gasteiger partial charge in [-0.1, -0.05) is 20.8 Å². The zero-order chi connectivity index (χ0) is 9.78. The van der Waals surface area contributed by atoms with Gasteiger partial charge in [0.1, 0.15) is 0 Å². The second kappa shape index (κ2) is 4.80. The Labute approximate surface area is 74.0 Å². The quantitative estimate of drug-likeness (QED) is 0.572. The Hall–Kier alpha value is -0.120. The van der Waals surface area contributed by atoms with Crippen LogP contribution in [-0.2, 0) is 0 Å². The van der Waals surface area contributed by atoms with Crippen LogP contribution < -0.4 is 0 Å². The van der Waals surface area contributed by atoms with Gasteiger partial charge in [0.15, 0.2) is 0 Å². The van der Waals surface area contributed by atoms with Gasteiger partial charge in [-0.3, -0.25) is 0 Å². The minimum atomic E-state index is -0.641. The molecular weight excluding hydrogens is 156 g/mol. The summed E-state index contributed by atoms with van der Waals surface area (Å²) in [6.45, 7) is 5.45. The van der Waals surface area contributed by atoms with Crippen molar-refractivity contribution in [3.8, 4) is 0 Å². The molecule has 3 nitrogen and oxygen atoms in total. The monoisotopic (exact) mass is 176 g/mol. The standard InChI is InChI=1S/C9H20O3/c1-4-7(11)9(2,3)8(12)5-6-10/h7-8,10-12H,4-6H2,1-3H3/t7-,8?/m1/s1. The Bertz CT molecular complexity index is 123. The first-order valence-electron chi connectivity index (χ1n) is 4.43. The Morgan fingerprint density at radius 1 is 1.17 bits per heavy atom. The van der Waals surface area contributed by atoms with Gasteiger partial charge in [-0.05, 0) is 12.8 Å². The van der Waals surface area contributed by atoms with Gasteiger partial charge in [0.25, 0.3) is 0 Å². The van der Waals surface area contributed by atoms with E-state index in [0.29, 0.717) is 12.8 Å². The number of hydrogen-bond donors (Lipinski definition) is 3. The van der Waals surface area contributed by atoms with Crippen LogP contribution in [0.1, 0.15) is 33.6 Å². The molecule has 0 rings (SSSR count). The zero-order valence-electron chi connectivity index (χ0n) is 8.12. The van der Waals surface area contributed by atoms with Crippen LogP contribution >= 0.6 is 0 Å². The van der Waals surface area contributed by atoms with Crippen molar-refractivity contribution in [2.24, 2.45) is 5.41 Å². The van der Waals surface area contributed by atoms with Crippen molar-refractivity contribution in [3.63, 3.8) is 0 Å². The number of aliphatic hydroxyl groups excluding tert-OH is 3. The summed E-state index contributed by atoms with van der Waals surface area (Å²) in [6, 6.07) is 0. The third-order valence-corrected chi connectivity index (χ3v) is 2.51. The van der Waals surface area contributed by atoms with Gasteiger partial charge in [-0.15, -0.1) is 0 Å². The molecule has 0 amide bonds. The molecule has 0 saturated heterocycles. The summed E-state index contributed by atoms with van der Waals surface area (Å²) in [5.74, 6) is 0. The van der Waals surface area contributed by atoms with Crippen molar-refractivity contribution in [1.29, 1.82) is 0 Å². The lowest BCUT2D eigenvalue weighted by molar-refractivity contribution is -0.0567. The van der Waals surface area contributed by atoms with E-state index in [4.69, 9.17) is 5.11 Å². The normalized spacial score (nSPS) is 17.5. The minimum absolute atomic E-state index is 0.0406. The molecule has 0 aliphatic carbocycles. The first kappa shape index (κ1) is 11.9.